The highest BCUT2D eigenvalue weighted by Gasteiger charge is 2.21. The molecule has 0 aliphatic carbocycles. The van der Waals surface area contributed by atoms with Crippen LogP contribution in [0.2, 0.25) is 0 Å². The van der Waals surface area contributed by atoms with Gasteiger partial charge in [0.25, 0.3) is 0 Å². The molecular formula is C48H30N2OS. The minimum Gasteiger partial charge on any atom is -0.456 e. The Hall–Kier alpha value is -6.62. The van der Waals surface area contributed by atoms with Crippen LogP contribution in [0.5, 0.6) is 0 Å². The summed E-state index contributed by atoms with van der Waals surface area (Å²) in [6.45, 7) is 0. The Balaban J connectivity index is 1.12. The molecule has 3 nitrogen and oxygen atoms in total. The first-order valence-electron chi connectivity index (χ1n) is 17.6. The number of rotatable bonds is 5. The van der Waals surface area contributed by atoms with E-state index in [9.17, 15) is 0 Å². The van der Waals surface area contributed by atoms with Gasteiger partial charge in [0.1, 0.15) is 11.2 Å². The zero-order valence-corrected chi connectivity index (χ0v) is 28.8. The quantitative estimate of drug-likeness (QED) is 0.180. The van der Waals surface area contributed by atoms with Gasteiger partial charge in [0.05, 0.1) is 11.0 Å². The van der Waals surface area contributed by atoms with Gasteiger partial charge in [0.15, 0.2) is 0 Å². The van der Waals surface area contributed by atoms with Crippen LogP contribution in [0.1, 0.15) is 0 Å². The van der Waals surface area contributed by atoms with Crippen molar-refractivity contribution in [1.82, 2.24) is 4.57 Å². The summed E-state index contributed by atoms with van der Waals surface area (Å²) in [6, 6.07) is 65.3. The molecule has 0 spiro atoms. The number of hydrogen-bond donors (Lipinski definition) is 0. The van der Waals surface area contributed by atoms with Crippen molar-refractivity contribution in [3.05, 3.63) is 182 Å². The molecule has 0 bridgehead atoms. The van der Waals surface area contributed by atoms with Gasteiger partial charge in [-0.1, -0.05) is 97.1 Å². The molecule has 0 saturated carbocycles. The highest BCUT2D eigenvalue weighted by Crippen LogP contribution is 2.45. The summed E-state index contributed by atoms with van der Waals surface area (Å²) in [4.78, 5) is 2.35. The molecule has 0 aliphatic rings. The number of nitrogens with zero attached hydrogens (tertiary/aromatic N) is 2. The Bertz CT molecular complexity index is 3120. The number of benzene rings is 8. The van der Waals surface area contributed by atoms with Crippen molar-refractivity contribution in [2.24, 2.45) is 0 Å². The molecule has 0 saturated heterocycles. The standard InChI is InChI=1S/C48H30N2OS/c1-3-11-31(12-4-1)32-19-21-34(22-20-32)49(35-24-28-46-40(29-35)37-15-8-10-18-45(37)52-46)36-23-25-39-44(30-36)51-43-27-26-42-47(48(39)43)38-16-7-9-17-41(38)50(42)33-13-5-2-6-14-33/h1-30H. The second-order valence-electron chi connectivity index (χ2n) is 13.3. The zero-order valence-electron chi connectivity index (χ0n) is 28.0. The van der Waals surface area contributed by atoms with Crippen molar-refractivity contribution < 1.29 is 4.42 Å². The second-order valence-corrected chi connectivity index (χ2v) is 14.4. The van der Waals surface area contributed by atoms with Crippen molar-refractivity contribution in [1.29, 1.82) is 0 Å². The number of aromatic nitrogens is 1. The Morgan fingerprint density at radius 1 is 0.404 bits per heavy atom. The lowest BCUT2D eigenvalue weighted by Crippen LogP contribution is -2.09. The average Bonchev–Trinajstić information content (AvgIpc) is 3.88. The van der Waals surface area contributed by atoms with E-state index in [0.29, 0.717) is 0 Å². The lowest BCUT2D eigenvalue weighted by molar-refractivity contribution is 0.669. The molecule has 0 N–H and O–H groups in total. The molecular weight excluding hydrogens is 653 g/mol. The summed E-state index contributed by atoms with van der Waals surface area (Å²) in [5.74, 6) is 0. The highest BCUT2D eigenvalue weighted by atomic mass is 32.1. The van der Waals surface area contributed by atoms with Crippen molar-refractivity contribution in [2.75, 3.05) is 4.90 Å². The predicted octanol–water partition coefficient (Wildman–Crippen LogP) is 14.2. The Kier molecular flexibility index (Phi) is 6.42. The summed E-state index contributed by atoms with van der Waals surface area (Å²) in [7, 11) is 0. The monoisotopic (exact) mass is 682 g/mol. The predicted molar refractivity (Wildman–Crippen MR) is 221 cm³/mol. The van der Waals surface area contributed by atoms with Crippen LogP contribution in [0.3, 0.4) is 0 Å². The summed E-state index contributed by atoms with van der Waals surface area (Å²) in [6.07, 6.45) is 0. The van der Waals surface area contributed by atoms with Gasteiger partial charge in [-0.05, 0) is 90.0 Å². The smallest absolute Gasteiger partial charge is 0.137 e. The number of furan rings is 1. The van der Waals surface area contributed by atoms with Crippen molar-refractivity contribution in [3.8, 4) is 16.8 Å². The summed E-state index contributed by atoms with van der Waals surface area (Å²) in [5, 5.41) is 7.25. The Labute approximate surface area is 303 Å². The molecule has 4 heteroatoms. The summed E-state index contributed by atoms with van der Waals surface area (Å²) >= 11 is 1.84. The first-order valence-corrected chi connectivity index (χ1v) is 18.4. The van der Waals surface area contributed by atoms with Crippen LogP contribution in [-0.4, -0.2) is 4.57 Å². The van der Waals surface area contributed by atoms with Crippen LogP contribution in [0, 0.1) is 0 Å². The lowest BCUT2D eigenvalue weighted by Gasteiger charge is -2.26. The summed E-state index contributed by atoms with van der Waals surface area (Å²) in [5.41, 5.74) is 10.9. The third-order valence-electron chi connectivity index (χ3n) is 10.4. The van der Waals surface area contributed by atoms with Gasteiger partial charge < -0.3 is 13.9 Å². The molecule has 11 rings (SSSR count). The highest BCUT2D eigenvalue weighted by molar-refractivity contribution is 7.25. The number of hydrogen-bond acceptors (Lipinski definition) is 3. The van der Waals surface area contributed by atoms with Crippen LogP contribution >= 0.6 is 11.3 Å². The van der Waals surface area contributed by atoms with Crippen LogP contribution in [-0.2, 0) is 0 Å². The van der Waals surface area contributed by atoms with Crippen LogP contribution in [0.15, 0.2) is 186 Å². The molecule has 3 heterocycles. The molecule has 0 unspecified atom stereocenters. The molecule has 0 aliphatic heterocycles. The van der Waals surface area contributed by atoms with Gasteiger partial charge in [-0.2, -0.15) is 0 Å². The normalized spacial score (nSPS) is 11.8. The minimum atomic E-state index is 0.865. The fraction of sp³-hybridized carbons (Fsp3) is 0. The second kappa shape index (κ2) is 11.5. The van der Waals surface area contributed by atoms with Gasteiger partial charge >= 0.3 is 0 Å². The molecule has 0 atom stereocenters. The molecule has 0 radical (unpaired) electrons. The van der Waals surface area contributed by atoms with E-state index >= 15 is 0 Å². The fourth-order valence-electron chi connectivity index (χ4n) is 8.04. The molecule has 244 valence electrons. The minimum absolute atomic E-state index is 0.865. The molecule has 3 aromatic heterocycles. The maximum Gasteiger partial charge on any atom is 0.137 e. The maximum absolute atomic E-state index is 6.75. The first-order chi connectivity index (χ1) is 25.8. The zero-order chi connectivity index (χ0) is 34.2. The van der Waals surface area contributed by atoms with Gasteiger partial charge in [0, 0.05) is 70.5 Å². The van der Waals surface area contributed by atoms with E-state index in [4.69, 9.17) is 4.42 Å². The third kappa shape index (κ3) is 4.45. The SMILES string of the molecule is c1ccc(-c2ccc(N(c3ccc4c(c3)oc3ccc5c(c6ccccc6n5-c5ccccc5)c34)c3ccc4sc5ccccc5c4c3)cc2)cc1. The van der Waals surface area contributed by atoms with Crippen molar-refractivity contribution >= 4 is 92.3 Å². The van der Waals surface area contributed by atoms with E-state index in [2.05, 4.69) is 191 Å². The maximum atomic E-state index is 6.75. The topological polar surface area (TPSA) is 21.3 Å². The van der Waals surface area contributed by atoms with Crippen LogP contribution < -0.4 is 4.90 Å². The van der Waals surface area contributed by atoms with E-state index in [-0.39, 0.29) is 0 Å². The molecule has 0 fully saturated rings. The number of para-hydroxylation sites is 2. The molecule has 52 heavy (non-hydrogen) atoms. The number of thiophene rings is 1. The van der Waals surface area contributed by atoms with E-state index in [1.165, 1.54) is 53.1 Å². The van der Waals surface area contributed by atoms with Gasteiger partial charge in [-0.25, -0.2) is 0 Å². The Morgan fingerprint density at radius 2 is 1.06 bits per heavy atom. The average molecular weight is 683 g/mol. The van der Waals surface area contributed by atoms with Gasteiger partial charge in [0.2, 0.25) is 0 Å². The van der Waals surface area contributed by atoms with Crippen molar-refractivity contribution in [2.45, 2.75) is 0 Å². The fourth-order valence-corrected chi connectivity index (χ4v) is 9.13. The van der Waals surface area contributed by atoms with E-state index in [1.54, 1.807) is 0 Å². The van der Waals surface area contributed by atoms with Gasteiger partial charge in [-0.15, -0.1) is 11.3 Å². The molecule has 8 aromatic carbocycles. The molecule has 11 aromatic rings. The summed E-state index contributed by atoms with van der Waals surface area (Å²) < 4.78 is 11.7. The van der Waals surface area contributed by atoms with E-state index < -0.39 is 0 Å². The number of fused-ring (bicyclic) bond motifs is 10. The van der Waals surface area contributed by atoms with Crippen LogP contribution in [0.4, 0.5) is 17.1 Å². The van der Waals surface area contributed by atoms with E-state index in [1.807, 2.05) is 11.3 Å². The van der Waals surface area contributed by atoms with E-state index in [0.717, 1.165) is 44.7 Å². The third-order valence-corrected chi connectivity index (χ3v) is 11.5. The number of anilines is 3. The lowest BCUT2D eigenvalue weighted by atomic mass is 10.0. The Morgan fingerprint density at radius 3 is 1.90 bits per heavy atom. The largest absolute Gasteiger partial charge is 0.456 e. The van der Waals surface area contributed by atoms with Crippen LogP contribution in [0.25, 0.3) is 80.7 Å². The molecule has 0 amide bonds. The van der Waals surface area contributed by atoms with Crippen molar-refractivity contribution in [3.63, 3.8) is 0 Å². The van der Waals surface area contributed by atoms with Gasteiger partial charge in [-0.3, -0.25) is 0 Å². The first kappa shape index (κ1) is 29.1.